The zero-order chi connectivity index (χ0) is 20.1. The molecule has 2 heterocycles. The summed E-state index contributed by atoms with van der Waals surface area (Å²) in [5, 5.41) is 4.69. The van der Waals surface area contributed by atoms with Gasteiger partial charge in [0.1, 0.15) is 6.10 Å². The lowest BCUT2D eigenvalue weighted by Gasteiger charge is -2.20. The largest absolute Gasteiger partial charge is 0.444 e. The van der Waals surface area contributed by atoms with Crippen molar-refractivity contribution in [2.45, 2.75) is 18.9 Å². The molecule has 1 saturated heterocycles. The topological polar surface area (TPSA) is 87.9 Å². The van der Waals surface area contributed by atoms with Gasteiger partial charge in [0.25, 0.3) is 0 Å². The van der Waals surface area contributed by atoms with E-state index in [-0.39, 0.29) is 11.9 Å². The third-order valence-corrected chi connectivity index (χ3v) is 5.78. The molecule has 1 amide bonds. The van der Waals surface area contributed by atoms with E-state index in [0.29, 0.717) is 35.1 Å². The molecule has 0 spiro atoms. The Labute approximate surface area is 173 Å². The quantitative estimate of drug-likeness (QED) is 0.366. The van der Waals surface area contributed by atoms with E-state index in [1.54, 1.807) is 22.0 Å². The van der Waals surface area contributed by atoms with Crippen LogP contribution in [0.15, 0.2) is 36.4 Å². The molecule has 0 aliphatic carbocycles. The highest BCUT2D eigenvalue weighted by Crippen LogP contribution is 2.27. The van der Waals surface area contributed by atoms with Crippen molar-refractivity contribution in [3.05, 3.63) is 45.6 Å². The van der Waals surface area contributed by atoms with Crippen molar-refractivity contribution < 1.29 is 14.3 Å². The minimum Gasteiger partial charge on any atom is -0.444 e. The molecule has 28 heavy (non-hydrogen) atoms. The second-order valence-corrected chi connectivity index (χ2v) is 8.21. The molecule has 0 saturated carbocycles. The van der Waals surface area contributed by atoms with Gasteiger partial charge < -0.3 is 15.1 Å². The lowest BCUT2D eigenvalue weighted by atomic mass is 10.1. The number of ketones is 1. The number of hydrogen-bond acceptors (Lipinski definition) is 7. The molecule has 1 aromatic carbocycles. The van der Waals surface area contributed by atoms with Crippen molar-refractivity contribution in [2.24, 2.45) is 5.84 Å². The maximum absolute atomic E-state index is 12.2. The fourth-order valence-electron chi connectivity index (χ4n) is 2.95. The van der Waals surface area contributed by atoms with Crippen LogP contribution in [-0.2, 0) is 4.74 Å². The van der Waals surface area contributed by atoms with Gasteiger partial charge in [-0.3, -0.25) is 9.69 Å². The Morgan fingerprint density at radius 1 is 1.36 bits per heavy atom. The Balaban J connectivity index is 1.54. The van der Waals surface area contributed by atoms with Crippen LogP contribution in [0.4, 0.5) is 16.2 Å². The summed E-state index contributed by atoms with van der Waals surface area (Å²) in [6, 6.07) is 10.9. The van der Waals surface area contributed by atoms with Crippen LogP contribution in [0.25, 0.3) is 0 Å². The second-order valence-electron chi connectivity index (χ2n) is 6.50. The summed E-state index contributed by atoms with van der Waals surface area (Å²) in [5.74, 6) is 6.01. The lowest BCUT2D eigenvalue weighted by molar-refractivity contribution is 0.0943. The van der Waals surface area contributed by atoms with Gasteiger partial charge in [-0.15, -0.1) is 11.3 Å². The van der Waals surface area contributed by atoms with E-state index in [1.807, 2.05) is 31.3 Å². The average molecular weight is 423 g/mol. The van der Waals surface area contributed by atoms with E-state index in [9.17, 15) is 9.59 Å². The first-order valence-corrected chi connectivity index (χ1v) is 10.2. The number of carbonyl (C=O) groups is 2. The van der Waals surface area contributed by atoms with Crippen LogP contribution in [0, 0.1) is 0 Å². The summed E-state index contributed by atoms with van der Waals surface area (Å²) < 4.78 is 6.01. The van der Waals surface area contributed by atoms with Crippen molar-refractivity contribution in [3.63, 3.8) is 0 Å². The van der Waals surface area contributed by atoms with Crippen molar-refractivity contribution in [3.8, 4) is 0 Å². The van der Waals surface area contributed by atoms with Crippen LogP contribution in [0.3, 0.4) is 0 Å². The van der Waals surface area contributed by atoms with E-state index < -0.39 is 6.09 Å². The molecule has 1 fully saturated rings. The maximum Gasteiger partial charge on any atom is 0.414 e. The van der Waals surface area contributed by atoms with Crippen molar-refractivity contribution >= 4 is 46.2 Å². The van der Waals surface area contributed by atoms with Crippen LogP contribution in [0.1, 0.15) is 22.5 Å². The summed E-state index contributed by atoms with van der Waals surface area (Å²) in [6.07, 6.45) is 0.0853. The van der Waals surface area contributed by atoms with Crippen LogP contribution in [-0.4, -0.2) is 44.7 Å². The highest BCUT2D eigenvalue weighted by atomic mass is 35.5. The van der Waals surface area contributed by atoms with Gasteiger partial charge in [-0.25, -0.2) is 10.6 Å². The SMILES string of the molecule is CNCCN(N)c1ccc(N2C[C@H](CCC(=O)c3ccc(Cl)s3)OC2=O)cc1. The number of hydrazine groups is 1. The maximum atomic E-state index is 12.2. The van der Waals surface area contributed by atoms with Crippen LogP contribution >= 0.6 is 22.9 Å². The molecule has 1 aliphatic rings. The van der Waals surface area contributed by atoms with Crippen LogP contribution in [0.2, 0.25) is 4.34 Å². The fraction of sp³-hybridized carbons (Fsp3) is 0.368. The molecule has 0 bridgehead atoms. The number of nitrogens with zero attached hydrogens (tertiary/aromatic N) is 2. The molecule has 1 atom stereocenters. The molecule has 150 valence electrons. The summed E-state index contributed by atoms with van der Waals surface area (Å²) >= 11 is 7.13. The Hall–Kier alpha value is -2.13. The molecule has 9 heteroatoms. The van der Waals surface area contributed by atoms with Crippen LogP contribution < -0.4 is 21.1 Å². The van der Waals surface area contributed by atoms with E-state index in [1.165, 1.54) is 11.3 Å². The van der Waals surface area contributed by atoms with E-state index in [4.69, 9.17) is 22.2 Å². The second kappa shape index (κ2) is 9.38. The number of cyclic esters (lactones) is 1. The molecule has 0 radical (unpaired) electrons. The predicted molar refractivity (Wildman–Crippen MR) is 112 cm³/mol. The van der Waals surface area contributed by atoms with Gasteiger partial charge in [-0.05, 0) is 49.9 Å². The molecule has 3 N–H and O–H groups in total. The van der Waals surface area contributed by atoms with Gasteiger partial charge in [-0.2, -0.15) is 0 Å². The molecule has 1 aromatic heterocycles. The number of carbonyl (C=O) groups excluding carboxylic acids is 2. The number of hydrogen-bond donors (Lipinski definition) is 2. The first-order valence-electron chi connectivity index (χ1n) is 9.01. The van der Waals surface area contributed by atoms with Gasteiger partial charge in [0.2, 0.25) is 0 Å². The van der Waals surface area contributed by atoms with Crippen molar-refractivity contribution in [1.82, 2.24) is 5.32 Å². The molecule has 1 aliphatic heterocycles. The minimum atomic E-state index is -0.399. The smallest absolute Gasteiger partial charge is 0.414 e. The normalized spacial score (nSPS) is 16.3. The zero-order valence-electron chi connectivity index (χ0n) is 15.6. The van der Waals surface area contributed by atoms with E-state index >= 15 is 0 Å². The number of benzene rings is 1. The number of nitrogens with one attached hydrogen (secondary N) is 1. The third kappa shape index (κ3) is 5.02. The number of thiophene rings is 1. The number of ether oxygens (including phenoxy) is 1. The number of nitrogens with two attached hydrogens (primary N) is 1. The number of anilines is 2. The van der Waals surface area contributed by atoms with Crippen molar-refractivity contribution in [1.29, 1.82) is 0 Å². The number of likely N-dealkylation sites (N-methyl/N-ethyl adjacent to an activating group) is 1. The van der Waals surface area contributed by atoms with E-state index in [2.05, 4.69) is 5.32 Å². The molecular weight excluding hydrogens is 400 g/mol. The predicted octanol–water partition coefficient (Wildman–Crippen LogP) is 3.29. The molecule has 7 nitrogen and oxygen atoms in total. The van der Waals surface area contributed by atoms with E-state index in [0.717, 1.165) is 17.9 Å². The molecule has 0 unspecified atom stereocenters. The zero-order valence-corrected chi connectivity index (χ0v) is 17.1. The highest BCUT2D eigenvalue weighted by molar-refractivity contribution is 7.18. The van der Waals surface area contributed by atoms with Crippen molar-refractivity contribution in [2.75, 3.05) is 36.6 Å². The summed E-state index contributed by atoms with van der Waals surface area (Å²) in [4.78, 5) is 26.6. The fourth-order valence-corrected chi connectivity index (χ4v) is 3.96. The Morgan fingerprint density at radius 3 is 2.75 bits per heavy atom. The minimum absolute atomic E-state index is 0.0142. The summed E-state index contributed by atoms with van der Waals surface area (Å²) in [6.45, 7) is 1.87. The van der Waals surface area contributed by atoms with Gasteiger partial charge in [0.05, 0.1) is 21.4 Å². The van der Waals surface area contributed by atoms with Gasteiger partial charge >= 0.3 is 6.09 Å². The van der Waals surface area contributed by atoms with Gasteiger partial charge in [0.15, 0.2) is 5.78 Å². The summed E-state index contributed by atoms with van der Waals surface area (Å²) in [7, 11) is 1.87. The lowest BCUT2D eigenvalue weighted by Crippen LogP contribution is -2.36. The number of halogens is 1. The third-order valence-electron chi connectivity index (χ3n) is 4.51. The molecule has 2 aromatic rings. The first-order chi connectivity index (χ1) is 13.5. The molecule has 3 rings (SSSR count). The Bertz CT molecular complexity index is 827. The standard InChI is InChI=1S/C19H23ClN4O3S/c1-22-10-11-24(21)14-4-2-13(3-5-14)23-12-15(27-19(23)26)6-7-16(25)17-8-9-18(20)28-17/h2-5,8-9,15,22H,6-7,10-12,21H2,1H3/t15-/m0/s1. The highest BCUT2D eigenvalue weighted by Gasteiger charge is 2.32. The monoisotopic (exact) mass is 422 g/mol. The number of amides is 1. The summed E-state index contributed by atoms with van der Waals surface area (Å²) in [5.41, 5.74) is 1.61. The first kappa shape index (κ1) is 20.6. The average Bonchev–Trinajstić information content (AvgIpc) is 3.30. The Kier molecular flexibility index (Phi) is 6.90. The van der Waals surface area contributed by atoms with Gasteiger partial charge in [0, 0.05) is 25.2 Å². The van der Waals surface area contributed by atoms with Crippen LogP contribution in [0.5, 0.6) is 0 Å². The van der Waals surface area contributed by atoms with Gasteiger partial charge in [-0.1, -0.05) is 11.6 Å². The number of rotatable bonds is 9. The Morgan fingerprint density at radius 2 is 2.11 bits per heavy atom. The molecular formula is C19H23ClN4O3S. The number of Topliss-reactive ketones (excluding diaryl/α,β-unsaturated/α-hetero) is 1.